The van der Waals surface area contributed by atoms with E-state index in [1.807, 2.05) is 0 Å². The molecule has 1 unspecified atom stereocenters. The van der Waals surface area contributed by atoms with E-state index in [-0.39, 0.29) is 11.6 Å². The van der Waals surface area contributed by atoms with Crippen molar-refractivity contribution in [2.45, 2.75) is 5.92 Å². The molecule has 4 heteroatoms. The molecule has 1 aromatic carbocycles. The van der Waals surface area contributed by atoms with Gasteiger partial charge in [-0.3, -0.25) is 10.1 Å². The summed E-state index contributed by atoms with van der Waals surface area (Å²) < 4.78 is 0.468. The first-order valence-electron chi connectivity index (χ1n) is 3.95. The molecule has 1 aromatic rings. The summed E-state index contributed by atoms with van der Waals surface area (Å²) in [7, 11) is 0. The summed E-state index contributed by atoms with van der Waals surface area (Å²) >= 11 is 3.14. The van der Waals surface area contributed by atoms with E-state index in [9.17, 15) is 10.1 Å². The molecule has 0 fully saturated rings. The van der Waals surface area contributed by atoms with E-state index in [2.05, 4.69) is 29.4 Å². The fourth-order valence-corrected chi connectivity index (χ4v) is 1.58. The third-order valence-corrected chi connectivity index (χ3v) is 2.52. The van der Waals surface area contributed by atoms with Gasteiger partial charge in [0.05, 0.1) is 9.40 Å². The van der Waals surface area contributed by atoms with Crippen LogP contribution in [0.4, 0.5) is 5.69 Å². The Morgan fingerprint density at radius 3 is 2.64 bits per heavy atom. The highest BCUT2D eigenvalue weighted by atomic mass is 79.9. The van der Waals surface area contributed by atoms with Gasteiger partial charge in [-0.25, -0.2) is 0 Å². The van der Waals surface area contributed by atoms with Gasteiger partial charge in [0.1, 0.15) is 0 Å². The lowest BCUT2D eigenvalue weighted by atomic mass is 10.0. The van der Waals surface area contributed by atoms with E-state index in [0.717, 1.165) is 5.56 Å². The smallest absolute Gasteiger partial charge is 0.258 e. The number of rotatable bonds is 3. The van der Waals surface area contributed by atoms with Crippen molar-refractivity contribution >= 4 is 21.6 Å². The molecule has 3 nitrogen and oxygen atoms in total. The average molecular weight is 255 g/mol. The molecule has 0 aliphatic heterocycles. The van der Waals surface area contributed by atoms with Crippen LogP contribution in [0.1, 0.15) is 11.5 Å². The van der Waals surface area contributed by atoms with Crippen molar-refractivity contribution in [3.8, 4) is 0 Å². The SMILES string of the molecule is [CH2]C(C=C)c1ccc([N+](=O)[O-])c(Br)c1. The molecule has 73 valence electrons. The fraction of sp³-hybridized carbons (Fsp3) is 0.100. The van der Waals surface area contributed by atoms with Gasteiger partial charge in [-0.05, 0) is 34.5 Å². The molecule has 14 heavy (non-hydrogen) atoms. The number of halogens is 1. The van der Waals surface area contributed by atoms with E-state index in [1.54, 1.807) is 18.2 Å². The van der Waals surface area contributed by atoms with E-state index in [1.165, 1.54) is 6.07 Å². The Morgan fingerprint density at radius 1 is 1.57 bits per heavy atom. The van der Waals surface area contributed by atoms with E-state index in [4.69, 9.17) is 0 Å². The predicted octanol–water partition coefficient (Wildman–Crippen LogP) is 3.46. The number of hydrogen-bond donors (Lipinski definition) is 0. The molecule has 0 saturated heterocycles. The van der Waals surface area contributed by atoms with Gasteiger partial charge >= 0.3 is 0 Å². The van der Waals surface area contributed by atoms with Crippen molar-refractivity contribution < 1.29 is 4.92 Å². The zero-order valence-electron chi connectivity index (χ0n) is 7.44. The second-order valence-corrected chi connectivity index (χ2v) is 3.66. The minimum Gasteiger partial charge on any atom is -0.258 e. The minimum atomic E-state index is -0.431. The molecule has 0 aromatic heterocycles. The average Bonchev–Trinajstić information content (AvgIpc) is 2.15. The highest BCUT2D eigenvalue weighted by molar-refractivity contribution is 9.10. The van der Waals surface area contributed by atoms with Crippen LogP contribution in [-0.2, 0) is 0 Å². The number of benzene rings is 1. The van der Waals surface area contributed by atoms with Crippen LogP contribution in [0.3, 0.4) is 0 Å². The summed E-state index contributed by atoms with van der Waals surface area (Å²) in [6.07, 6.45) is 1.69. The van der Waals surface area contributed by atoms with E-state index < -0.39 is 4.92 Å². The Balaban J connectivity index is 3.12. The number of nitrogens with zero attached hydrogens (tertiary/aromatic N) is 1. The number of allylic oxidation sites excluding steroid dienone is 1. The fourth-order valence-electron chi connectivity index (χ4n) is 1.04. The van der Waals surface area contributed by atoms with Gasteiger partial charge in [0.25, 0.3) is 5.69 Å². The Labute approximate surface area is 90.7 Å². The molecule has 0 heterocycles. The molecule has 0 bridgehead atoms. The lowest BCUT2D eigenvalue weighted by Gasteiger charge is -2.06. The van der Waals surface area contributed by atoms with Crippen LogP contribution in [0.2, 0.25) is 0 Å². The lowest BCUT2D eigenvalue weighted by Crippen LogP contribution is -1.93. The summed E-state index contributed by atoms with van der Waals surface area (Å²) in [5.41, 5.74) is 0.961. The van der Waals surface area contributed by atoms with Crippen molar-refractivity contribution in [3.05, 3.63) is 57.9 Å². The Morgan fingerprint density at radius 2 is 2.21 bits per heavy atom. The van der Waals surface area contributed by atoms with Gasteiger partial charge in [-0.1, -0.05) is 12.1 Å². The lowest BCUT2D eigenvalue weighted by molar-refractivity contribution is -0.385. The van der Waals surface area contributed by atoms with Gasteiger partial charge in [0.15, 0.2) is 0 Å². The molecule has 0 aliphatic carbocycles. The quantitative estimate of drug-likeness (QED) is 0.471. The molecular weight excluding hydrogens is 246 g/mol. The van der Waals surface area contributed by atoms with Gasteiger partial charge in [-0.2, -0.15) is 0 Å². The van der Waals surface area contributed by atoms with Crippen LogP contribution < -0.4 is 0 Å². The topological polar surface area (TPSA) is 43.1 Å². The second-order valence-electron chi connectivity index (χ2n) is 2.81. The first-order valence-corrected chi connectivity index (χ1v) is 4.75. The highest BCUT2D eigenvalue weighted by Crippen LogP contribution is 2.28. The monoisotopic (exact) mass is 254 g/mol. The van der Waals surface area contributed by atoms with Crippen LogP contribution in [0, 0.1) is 17.0 Å². The zero-order chi connectivity index (χ0) is 10.7. The maximum atomic E-state index is 10.5. The van der Waals surface area contributed by atoms with E-state index in [0.29, 0.717) is 4.47 Å². The van der Waals surface area contributed by atoms with Crippen molar-refractivity contribution in [3.63, 3.8) is 0 Å². The largest absolute Gasteiger partial charge is 0.283 e. The maximum Gasteiger partial charge on any atom is 0.283 e. The minimum absolute atomic E-state index is 0.0490. The molecule has 0 aliphatic rings. The Hall–Kier alpha value is -1.16. The number of nitro groups is 1. The Kier molecular flexibility index (Phi) is 3.41. The van der Waals surface area contributed by atoms with Gasteiger partial charge in [-0.15, -0.1) is 6.58 Å². The Bertz CT molecular complexity index is 376. The molecular formula is C10H9BrNO2. The van der Waals surface area contributed by atoms with Crippen LogP contribution in [-0.4, -0.2) is 4.92 Å². The normalized spacial score (nSPS) is 12.1. The van der Waals surface area contributed by atoms with Crippen molar-refractivity contribution in [2.24, 2.45) is 0 Å². The van der Waals surface area contributed by atoms with E-state index >= 15 is 0 Å². The molecule has 0 amide bonds. The molecule has 0 saturated carbocycles. The van der Waals surface area contributed by atoms with Crippen molar-refractivity contribution in [1.82, 2.24) is 0 Å². The maximum absolute atomic E-state index is 10.5. The standard InChI is InChI=1S/C10H9BrNO2/c1-3-7(2)8-4-5-10(12(13)14)9(11)6-8/h3-7H,1-2H2. The summed E-state index contributed by atoms with van der Waals surface area (Å²) in [5, 5.41) is 10.5. The second kappa shape index (κ2) is 4.37. The molecule has 0 N–H and O–H groups in total. The van der Waals surface area contributed by atoms with Gasteiger partial charge < -0.3 is 0 Å². The van der Waals surface area contributed by atoms with Crippen LogP contribution in [0.5, 0.6) is 0 Å². The summed E-state index contributed by atoms with van der Waals surface area (Å²) in [6.45, 7) is 7.45. The summed E-state index contributed by atoms with van der Waals surface area (Å²) in [4.78, 5) is 10.1. The van der Waals surface area contributed by atoms with Crippen molar-refractivity contribution in [2.75, 3.05) is 0 Å². The first-order chi connectivity index (χ1) is 6.56. The van der Waals surface area contributed by atoms with Crippen molar-refractivity contribution in [1.29, 1.82) is 0 Å². The number of hydrogen-bond acceptors (Lipinski definition) is 2. The molecule has 1 atom stereocenters. The third-order valence-electron chi connectivity index (χ3n) is 1.88. The molecule has 1 rings (SSSR count). The highest BCUT2D eigenvalue weighted by Gasteiger charge is 2.12. The third kappa shape index (κ3) is 2.20. The van der Waals surface area contributed by atoms with Gasteiger partial charge in [0, 0.05) is 12.0 Å². The molecule has 1 radical (unpaired) electrons. The summed E-state index contributed by atoms with van der Waals surface area (Å²) in [6, 6.07) is 4.83. The van der Waals surface area contributed by atoms with Crippen LogP contribution in [0.15, 0.2) is 35.3 Å². The predicted molar refractivity (Wildman–Crippen MR) is 59.1 cm³/mol. The number of nitro benzene ring substituents is 1. The molecule has 0 spiro atoms. The first kappa shape index (κ1) is 10.9. The van der Waals surface area contributed by atoms with Crippen LogP contribution in [0.25, 0.3) is 0 Å². The van der Waals surface area contributed by atoms with Crippen LogP contribution >= 0.6 is 15.9 Å². The summed E-state index contributed by atoms with van der Waals surface area (Å²) in [5.74, 6) is -0.0490. The van der Waals surface area contributed by atoms with Gasteiger partial charge in [0.2, 0.25) is 0 Å². The zero-order valence-corrected chi connectivity index (χ0v) is 9.03.